The molecule has 0 amide bonds. The molecule has 2 heterocycles. The van der Waals surface area contributed by atoms with Gasteiger partial charge in [-0.05, 0) is 42.0 Å². The highest BCUT2D eigenvalue weighted by Crippen LogP contribution is 2.38. The van der Waals surface area contributed by atoms with E-state index in [-0.39, 0.29) is 5.44 Å². The zero-order valence-corrected chi connectivity index (χ0v) is 12.7. The number of ether oxygens (including phenoxy) is 1. The summed E-state index contributed by atoms with van der Waals surface area (Å²) in [6.07, 6.45) is 0. The second-order valence-electron chi connectivity index (χ2n) is 4.87. The molecular weight excluding hydrogens is 306 g/mol. The number of halogens is 1. The second kappa shape index (κ2) is 5.37. The number of nitrogens with zero attached hydrogens (tertiary/aromatic N) is 1. The molecule has 1 aliphatic heterocycles. The van der Waals surface area contributed by atoms with Crippen molar-refractivity contribution in [2.24, 2.45) is 0 Å². The van der Waals surface area contributed by atoms with E-state index in [1.165, 1.54) is 0 Å². The van der Waals surface area contributed by atoms with Gasteiger partial charge in [0, 0.05) is 16.3 Å². The fraction of sp³-hybridized carbons (Fsp3) is 0.188. The standard InChI is InChI=1S/C16H12ClNO2S/c17-12-4-1-10(2-5-12)15-13-9-11(16-19-7-8-21-16)3-6-14(13)18-20-15/h1-6,9,16H,7-8H2. The molecule has 0 aliphatic carbocycles. The van der Waals surface area contributed by atoms with Crippen LogP contribution < -0.4 is 0 Å². The highest BCUT2D eigenvalue weighted by Gasteiger charge is 2.20. The summed E-state index contributed by atoms with van der Waals surface area (Å²) in [6.45, 7) is 0.807. The monoisotopic (exact) mass is 317 g/mol. The summed E-state index contributed by atoms with van der Waals surface area (Å²) in [7, 11) is 0. The lowest BCUT2D eigenvalue weighted by atomic mass is 10.1. The highest BCUT2D eigenvalue weighted by molar-refractivity contribution is 7.99. The van der Waals surface area contributed by atoms with Crippen molar-refractivity contribution < 1.29 is 9.26 Å². The van der Waals surface area contributed by atoms with Crippen molar-refractivity contribution in [2.45, 2.75) is 5.44 Å². The molecule has 0 saturated carbocycles. The first kappa shape index (κ1) is 13.2. The van der Waals surface area contributed by atoms with Crippen molar-refractivity contribution in [1.29, 1.82) is 0 Å². The Morgan fingerprint density at radius 1 is 1.14 bits per heavy atom. The van der Waals surface area contributed by atoms with Crippen LogP contribution in [0, 0.1) is 0 Å². The van der Waals surface area contributed by atoms with Gasteiger partial charge in [-0.1, -0.05) is 22.8 Å². The minimum Gasteiger partial charge on any atom is -0.362 e. The summed E-state index contributed by atoms with van der Waals surface area (Å²) in [4.78, 5) is 0. The van der Waals surface area contributed by atoms with Crippen molar-refractivity contribution in [3.05, 3.63) is 53.1 Å². The van der Waals surface area contributed by atoms with Crippen LogP contribution in [-0.2, 0) is 4.74 Å². The van der Waals surface area contributed by atoms with Crippen molar-refractivity contribution in [2.75, 3.05) is 12.4 Å². The fourth-order valence-corrected chi connectivity index (χ4v) is 3.53. The lowest BCUT2D eigenvalue weighted by Crippen LogP contribution is -1.92. The van der Waals surface area contributed by atoms with Gasteiger partial charge in [-0.25, -0.2) is 0 Å². The molecule has 5 heteroatoms. The first-order chi connectivity index (χ1) is 10.3. The van der Waals surface area contributed by atoms with Crippen LogP contribution >= 0.6 is 23.4 Å². The smallest absolute Gasteiger partial charge is 0.174 e. The number of thioether (sulfide) groups is 1. The molecule has 3 nitrogen and oxygen atoms in total. The van der Waals surface area contributed by atoms with Gasteiger partial charge in [0.2, 0.25) is 0 Å². The van der Waals surface area contributed by atoms with Crippen LogP contribution in [0.25, 0.3) is 22.2 Å². The van der Waals surface area contributed by atoms with Gasteiger partial charge in [-0.2, -0.15) is 0 Å². The van der Waals surface area contributed by atoms with E-state index in [1.807, 2.05) is 42.1 Å². The largest absolute Gasteiger partial charge is 0.362 e. The maximum absolute atomic E-state index is 5.94. The van der Waals surface area contributed by atoms with Crippen LogP contribution in [0.4, 0.5) is 0 Å². The van der Waals surface area contributed by atoms with Crippen LogP contribution in [0.3, 0.4) is 0 Å². The molecule has 2 aromatic carbocycles. The third-order valence-electron chi connectivity index (χ3n) is 3.50. The van der Waals surface area contributed by atoms with Gasteiger partial charge >= 0.3 is 0 Å². The lowest BCUT2D eigenvalue weighted by Gasteiger charge is -2.08. The predicted molar refractivity (Wildman–Crippen MR) is 85.6 cm³/mol. The molecule has 1 atom stereocenters. The number of aromatic nitrogens is 1. The molecule has 3 aromatic rings. The van der Waals surface area contributed by atoms with Crippen LogP contribution in [0.5, 0.6) is 0 Å². The van der Waals surface area contributed by atoms with Crippen LogP contribution in [0.15, 0.2) is 47.0 Å². The number of benzene rings is 2. The second-order valence-corrected chi connectivity index (χ2v) is 6.47. The van der Waals surface area contributed by atoms with Crippen LogP contribution in [0.2, 0.25) is 5.02 Å². The van der Waals surface area contributed by atoms with Crippen molar-refractivity contribution in [1.82, 2.24) is 5.16 Å². The predicted octanol–water partition coefficient (Wildman–Crippen LogP) is 4.91. The van der Waals surface area contributed by atoms with E-state index in [0.29, 0.717) is 5.02 Å². The van der Waals surface area contributed by atoms with Crippen LogP contribution in [0.1, 0.15) is 11.0 Å². The Labute approximate surface area is 131 Å². The first-order valence-electron chi connectivity index (χ1n) is 6.70. The van der Waals surface area contributed by atoms with Gasteiger partial charge < -0.3 is 9.26 Å². The summed E-state index contributed by atoms with van der Waals surface area (Å²) in [6, 6.07) is 13.7. The molecule has 0 N–H and O–H groups in total. The SMILES string of the molecule is Clc1ccc(-c2onc3ccc(C4OCCS4)cc23)cc1. The Kier molecular flexibility index (Phi) is 3.37. The zero-order valence-electron chi connectivity index (χ0n) is 11.1. The van der Waals surface area contributed by atoms with E-state index < -0.39 is 0 Å². The Morgan fingerprint density at radius 3 is 2.76 bits per heavy atom. The maximum atomic E-state index is 5.94. The fourth-order valence-electron chi connectivity index (χ4n) is 2.47. The minimum atomic E-state index is 0.113. The number of fused-ring (bicyclic) bond motifs is 1. The number of hydrogen-bond acceptors (Lipinski definition) is 4. The molecule has 4 rings (SSSR count). The van der Waals surface area contributed by atoms with E-state index >= 15 is 0 Å². The molecule has 106 valence electrons. The topological polar surface area (TPSA) is 35.3 Å². The molecule has 0 spiro atoms. The summed E-state index contributed by atoms with van der Waals surface area (Å²) >= 11 is 7.76. The van der Waals surface area contributed by atoms with E-state index in [9.17, 15) is 0 Å². The quantitative estimate of drug-likeness (QED) is 0.672. The van der Waals surface area contributed by atoms with E-state index in [2.05, 4.69) is 17.3 Å². The average molecular weight is 318 g/mol. The summed E-state index contributed by atoms with van der Waals surface area (Å²) in [5.41, 5.74) is 3.09. The summed E-state index contributed by atoms with van der Waals surface area (Å²) in [5.74, 6) is 1.81. The third-order valence-corrected chi connectivity index (χ3v) is 4.87. The number of hydrogen-bond donors (Lipinski definition) is 0. The molecule has 1 aromatic heterocycles. The van der Waals surface area contributed by atoms with Gasteiger partial charge in [-0.15, -0.1) is 11.8 Å². The Bertz CT molecular complexity index is 779. The van der Waals surface area contributed by atoms with Gasteiger partial charge in [0.15, 0.2) is 5.76 Å². The molecule has 21 heavy (non-hydrogen) atoms. The molecule has 1 unspecified atom stereocenters. The van der Waals surface area contributed by atoms with E-state index in [1.54, 1.807) is 0 Å². The number of rotatable bonds is 2. The van der Waals surface area contributed by atoms with Crippen molar-refractivity contribution in [3.63, 3.8) is 0 Å². The Balaban J connectivity index is 1.81. The third kappa shape index (κ3) is 2.44. The lowest BCUT2D eigenvalue weighted by molar-refractivity contribution is 0.145. The summed E-state index contributed by atoms with van der Waals surface area (Å²) in [5, 5.41) is 5.84. The van der Waals surface area contributed by atoms with E-state index in [0.717, 1.165) is 40.1 Å². The molecule has 0 bridgehead atoms. The van der Waals surface area contributed by atoms with Gasteiger partial charge in [0.1, 0.15) is 11.0 Å². The van der Waals surface area contributed by atoms with Gasteiger partial charge in [0.05, 0.1) is 12.0 Å². The molecule has 1 aliphatic rings. The Hall–Kier alpha value is -1.49. The van der Waals surface area contributed by atoms with Gasteiger partial charge in [0.25, 0.3) is 0 Å². The van der Waals surface area contributed by atoms with Crippen molar-refractivity contribution in [3.8, 4) is 11.3 Å². The normalized spacial score (nSPS) is 18.4. The zero-order chi connectivity index (χ0) is 14.2. The molecule has 1 saturated heterocycles. The maximum Gasteiger partial charge on any atom is 0.174 e. The molecule has 0 radical (unpaired) electrons. The Morgan fingerprint density at radius 2 is 2.00 bits per heavy atom. The molecular formula is C16H12ClNO2S. The summed E-state index contributed by atoms with van der Waals surface area (Å²) < 4.78 is 11.2. The first-order valence-corrected chi connectivity index (χ1v) is 8.12. The molecule has 1 fully saturated rings. The average Bonchev–Trinajstić information content (AvgIpc) is 3.17. The van der Waals surface area contributed by atoms with Gasteiger partial charge in [-0.3, -0.25) is 0 Å². The minimum absolute atomic E-state index is 0.113. The van der Waals surface area contributed by atoms with Crippen LogP contribution in [-0.4, -0.2) is 17.5 Å². The highest BCUT2D eigenvalue weighted by atomic mass is 35.5. The van der Waals surface area contributed by atoms with Crippen molar-refractivity contribution >= 4 is 34.3 Å². The van der Waals surface area contributed by atoms with E-state index in [4.69, 9.17) is 20.9 Å².